The summed E-state index contributed by atoms with van der Waals surface area (Å²) in [7, 11) is 1.99. The zero-order valence-electron chi connectivity index (χ0n) is 11.0. The van der Waals surface area contributed by atoms with E-state index >= 15 is 0 Å². The molecule has 1 aliphatic heterocycles. The average molecular weight is 258 g/mol. The lowest BCUT2D eigenvalue weighted by Gasteiger charge is -2.15. The number of aromatic nitrogens is 2. The normalized spacial score (nSPS) is 20.2. The van der Waals surface area contributed by atoms with E-state index in [1.54, 1.807) is 6.07 Å². The second-order valence-electron chi connectivity index (χ2n) is 5.04. The molecule has 5 heteroatoms. The van der Waals surface area contributed by atoms with E-state index in [1.807, 2.05) is 25.2 Å². The molecule has 1 atom stereocenters. The third-order valence-electron chi connectivity index (χ3n) is 3.72. The van der Waals surface area contributed by atoms with Crippen LogP contribution in [0.3, 0.4) is 0 Å². The maximum atomic E-state index is 12.0. The SMILES string of the molecule is CNC1CCN(Cc2nc3ccccc3c(=O)[nH]2)C1. The van der Waals surface area contributed by atoms with Crippen molar-refractivity contribution in [1.82, 2.24) is 20.2 Å². The minimum Gasteiger partial charge on any atom is -0.316 e. The van der Waals surface area contributed by atoms with Crippen molar-refractivity contribution >= 4 is 10.9 Å². The number of likely N-dealkylation sites (tertiary alicyclic amines) is 1. The Bertz CT molecular complexity index is 637. The average Bonchev–Trinajstić information content (AvgIpc) is 2.86. The number of hydrogen-bond donors (Lipinski definition) is 2. The zero-order valence-corrected chi connectivity index (χ0v) is 11.0. The first kappa shape index (κ1) is 12.3. The lowest BCUT2D eigenvalue weighted by atomic mass is 10.2. The molecule has 1 unspecified atom stereocenters. The Morgan fingerprint density at radius 3 is 3.11 bits per heavy atom. The van der Waals surface area contributed by atoms with Gasteiger partial charge in [0.05, 0.1) is 17.4 Å². The standard InChI is InChI=1S/C14H18N4O/c1-15-10-6-7-18(8-10)9-13-16-12-5-3-2-4-11(12)14(19)17-13/h2-5,10,15H,6-9H2,1H3,(H,16,17,19). The van der Waals surface area contributed by atoms with Gasteiger partial charge in [-0.1, -0.05) is 12.1 Å². The van der Waals surface area contributed by atoms with Crippen LogP contribution in [-0.2, 0) is 6.54 Å². The number of nitrogens with zero attached hydrogens (tertiary/aromatic N) is 2. The lowest BCUT2D eigenvalue weighted by molar-refractivity contribution is 0.314. The van der Waals surface area contributed by atoms with Gasteiger partial charge in [-0.3, -0.25) is 9.69 Å². The smallest absolute Gasteiger partial charge is 0.258 e. The van der Waals surface area contributed by atoms with Crippen molar-refractivity contribution < 1.29 is 0 Å². The largest absolute Gasteiger partial charge is 0.316 e. The number of rotatable bonds is 3. The Kier molecular flexibility index (Phi) is 3.31. The van der Waals surface area contributed by atoms with Crippen molar-refractivity contribution in [3.05, 3.63) is 40.4 Å². The molecule has 0 radical (unpaired) electrons. The first-order valence-corrected chi connectivity index (χ1v) is 6.64. The van der Waals surface area contributed by atoms with Crippen LogP contribution in [0.2, 0.25) is 0 Å². The van der Waals surface area contributed by atoms with Crippen LogP contribution in [0.4, 0.5) is 0 Å². The molecule has 1 fully saturated rings. The van der Waals surface area contributed by atoms with Crippen LogP contribution < -0.4 is 10.9 Å². The zero-order chi connectivity index (χ0) is 13.2. The van der Waals surface area contributed by atoms with Crippen molar-refractivity contribution in [2.24, 2.45) is 0 Å². The number of fused-ring (bicyclic) bond motifs is 1. The van der Waals surface area contributed by atoms with Gasteiger partial charge < -0.3 is 10.3 Å². The number of para-hydroxylation sites is 1. The van der Waals surface area contributed by atoms with Crippen molar-refractivity contribution in [2.75, 3.05) is 20.1 Å². The van der Waals surface area contributed by atoms with Gasteiger partial charge in [0, 0.05) is 19.1 Å². The molecule has 0 spiro atoms. The second kappa shape index (κ2) is 5.11. The summed E-state index contributed by atoms with van der Waals surface area (Å²) in [6, 6.07) is 8.00. The van der Waals surface area contributed by atoms with E-state index in [1.165, 1.54) is 0 Å². The van der Waals surface area contributed by atoms with Gasteiger partial charge in [0.1, 0.15) is 5.82 Å². The van der Waals surface area contributed by atoms with Crippen molar-refractivity contribution in [3.63, 3.8) is 0 Å². The van der Waals surface area contributed by atoms with E-state index in [0.717, 1.165) is 30.9 Å². The van der Waals surface area contributed by atoms with E-state index < -0.39 is 0 Å². The van der Waals surface area contributed by atoms with Gasteiger partial charge in [0.2, 0.25) is 0 Å². The molecular weight excluding hydrogens is 240 g/mol. The van der Waals surface area contributed by atoms with Gasteiger partial charge in [-0.15, -0.1) is 0 Å². The Morgan fingerprint density at radius 2 is 2.32 bits per heavy atom. The van der Waals surface area contributed by atoms with Gasteiger partial charge in [-0.25, -0.2) is 4.98 Å². The highest BCUT2D eigenvalue weighted by atomic mass is 16.1. The van der Waals surface area contributed by atoms with E-state index in [-0.39, 0.29) is 5.56 Å². The molecule has 2 N–H and O–H groups in total. The van der Waals surface area contributed by atoms with Crippen LogP contribution in [0.1, 0.15) is 12.2 Å². The number of H-pyrrole nitrogens is 1. The molecule has 100 valence electrons. The minimum atomic E-state index is -0.0510. The van der Waals surface area contributed by atoms with Crippen LogP contribution in [0.15, 0.2) is 29.1 Å². The highest BCUT2D eigenvalue weighted by molar-refractivity contribution is 5.77. The summed E-state index contributed by atoms with van der Waals surface area (Å²) >= 11 is 0. The van der Waals surface area contributed by atoms with Gasteiger partial charge in [0.25, 0.3) is 5.56 Å². The van der Waals surface area contributed by atoms with Gasteiger partial charge in [-0.2, -0.15) is 0 Å². The first-order chi connectivity index (χ1) is 9.26. The van der Waals surface area contributed by atoms with Gasteiger partial charge in [-0.05, 0) is 25.6 Å². The molecule has 2 aromatic rings. The molecule has 1 aromatic heterocycles. The molecule has 1 aromatic carbocycles. The maximum absolute atomic E-state index is 12.0. The highest BCUT2D eigenvalue weighted by Crippen LogP contribution is 2.12. The summed E-state index contributed by atoms with van der Waals surface area (Å²) in [6.45, 7) is 2.76. The third kappa shape index (κ3) is 2.52. The Hall–Kier alpha value is -1.72. The minimum absolute atomic E-state index is 0.0510. The molecule has 1 saturated heterocycles. The number of hydrogen-bond acceptors (Lipinski definition) is 4. The van der Waals surface area contributed by atoms with Crippen LogP contribution >= 0.6 is 0 Å². The molecule has 3 rings (SSSR count). The summed E-state index contributed by atoms with van der Waals surface area (Å²) in [5.41, 5.74) is 0.718. The Labute approximate surface area is 111 Å². The second-order valence-corrected chi connectivity index (χ2v) is 5.04. The topological polar surface area (TPSA) is 61.0 Å². The monoisotopic (exact) mass is 258 g/mol. The summed E-state index contributed by atoms with van der Waals surface area (Å²) < 4.78 is 0. The van der Waals surface area contributed by atoms with Crippen LogP contribution in [-0.4, -0.2) is 41.0 Å². The Balaban J connectivity index is 1.84. The van der Waals surface area contributed by atoms with Crippen molar-refractivity contribution in [3.8, 4) is 0 Å². The highest BCUT2D eigenvalue weighted by Gasteiger charge is 2.21. The fourth-order valence-corrected chi connectivity index (χ4v) is 2.63. The summed E-state index contributed by atoms with van der Waals surface area (Å²) in [6.07, 6.45) is 1.15. The third-order valence-corrected chi connectivity index (χ3v) is 3.72. The molecule has 0 aliphatic carbocycles. The molecular formula is C14H18N4O. The Morgan fingerprint density at radius 1 is 1.47 bits per heavy atom. The van der Waals surface area contributed by atoms with Gasteiger partial charge >= 0.3 is 0 Å². The number of nitrogens with one attached hydrogen (secondary N) is 2. The van der Waals surface area contributed by atoms with Crippen LogP contribution in [0.25, 0.3) is 10.9 Å². The maximum Gasteiger partial charge on any atom is 0.258 e. The first-order valence-electron chi connectivity index (χ1n) is 6.64. The van der Waals surface area contributed by atoms with Crippen molar-refractivity contribution in [1.29, 1.82) is 0 Å². The fraction of sp³-hybridized carbons (Fsp3) is 0.429. The fourth-order valence-electron chi connectivity index (χ4n) is 2.63. The predicted octanol–water partition coefficient (Wildman–Crippen LogP) is 0.717. The number of benzene rings is 1. The van der Waals surface area contributed by atoms with E-state index in [2.05, 4.69) is 20.2 Å². The van der Waals surface area contributed by atoms with Crippen molar-refractivity contribution in [2.45, 2.75) is 19.0 Å². The van der Waals surface area contributed by atoms with E-state index in [4.69, 9.17) is 0 Å². The quantitative estimate of drug-likeness (QED) is 0.851. The molecule has 0 saturated carbocycles. The predicted molar refractivity (Wildman–Crippen MR) is 75.1 cm³/mol. The van der Waals surface area contributed by atoms with E-state index in [9.17, 15) is 4.79 Å². The van der Waals surface area contributed by atoms with Gasteiger partial charge in [0.15, 0.2) is 0 Å². The van der Waals surface area contributed by atoms with Crippen LogP contribution in [0.5, 0.6) is 0 Å². The molecule has 1 aliphatic rings. The molecule has 2 heterocycles. The molecule has 5 nitrogen and oxygen atoms in total. The molecule has 19 heavy (non-hydrogen) atoms. The summed E-state index contributed by atoms with van der Waals surface area (Å²) in [4.78, 5) is 21.7. The number of likely N-dealkylation sites (N-methyl/N-ethyl adjacent to an activating group) is 1. The summed E-state index contributed by atoms with van der Waals surface area (Å²) in [5, 5.41) is 3.94. The summed E-state index contributed by atoms with van der Waals surface area (Å²) in [5.74, 6) is 0.750. The lowest BCUT2D eigenvalue weighted by Crippen LogP contribution is -2.30. The molecule has 0 amide bonds. The molecule has 0 bridgehead atoms. The van der Waals surface area contributed by atoms with Crippen LogP contribution in [0, 0.1) is 0 Å². The number of aromatic amines is 1. The van der Waals surface area contributed by atoms with E-state index in [0.29, 0.717) is 18.0 Å².